The van der Waals surface area contributed by atoms with E-state index in [0.29, 0.717) is 23.7 Å². The van der Waals surface area contributed by atoms with Crippen molar-refractivity contribution in [2.75, 3.05) is 5.32 Å². The largest absolute Gasteiger partial charge is 0.416 e. The summed E-state index contributed by atoms with van der Waals surface area (Å²) in [7, 11) is 0. The van der Waals surface area contributed by atoms with E-state index >= 15 is 0 Å². The molecule has 0 bridgehead atoms. The molecule has 7 nitrogen and oxygen atoms in total. The van der Waals surface area contributed by atoms with Crippen LogP contribution in [0.25, 0.3) is 11.2 Å². The highest BCUT2D eigenvalue weighted by molar-refractivity contribution is 5.74. The molecule has 1 fully saturated rings. The van der Waals surface area contributed by atoms with Crippen LogP contribution in [-0.2, 0) is 25.8 Å². The molecule has 0 amide bonds. The van der Waals surface area contributed by atoms with Crippen LogP contribution >= 0.6 is 0 Å². The van der Waals surface area contributed by atoms with E-state index in [1.165, 1.54) is 21.3 Å². The molecule has 2 aromatic heterocycles. The number of alkyl halides is 3. The first kappa shape index (κ1) is 24.1. The van der Waals surface area contributed by atoms with Gasteiger partial charge in [-0.1, -0.05) is 38.8 Å². The molecule has 4 rings (SSSR count). The highest BCUT2D eigenvalue weighted by atomic mass is 19.4. The third-order valence-corrected chi connectivity index (χ3v) is 6.29. The van der Waals surface area contributed by atoms with Crippen molar-refractivity contribution in [3.05, 3.63) is 56.2 Å². The van der Waals surface area contributed by atoms with Gasteiger partial charge in [0.25, 0.3) is 5.56 Å². The minimum absolute atomic E-state index is 0.148. The van der Waals surface area contributed by atoms with Gasteiger partial charge in [-0.15, -0.1) is 0 Å². The molecular formula is C24H30F3N5O2. The smallest absolute Gasteiger partial charge is 0.353 e. The predicted octanol–water partition coefficient (Wildman–Crippen LogP) is 4.46. The second-order valence-corrected chi connectivity index (χ2v) is 9.35. The van der Waals surface area contributed by atoms with Gasteiger partial charge in [0, 0.05) is 19.1 Å². The van der Waals surface area contributed by atoms with Crippen molar-refractivity contribution >= 4 is 17.1 Å². The fourth-order valence-electron chi connectivity index (χ4n) is 4.60. The maximum absolute atomic E-state index is 13.4. The minimum Gasteiger partial charge on any atom is -0.353 e. The summed E-state index contributed by atoms with van der Waals surface area (Å²) < 4.78 is 43.5. The van der Waals surface area contributed by atoms with Gasteiger partial charge in [-0.3, -0.25) is 18.5 Å². The lowest BCUT2D eigenvalue weighted by Gasteiger charge is -2.16. The number of halogens is 3. The Morgan fingerprint density at radius 2 is 1.71 bits per heavy atom. The Bertz CT molecular complexity index is 1280. The monoisotopic (exact) mass is 477 g/mol. The van der Waals surface area contributed by atoms with E-state index < -0.39 is 23.0 Å². The first-order valence-corrected chi connectivity index (χ1v) is 11.8. The van der Waals surface area contributed by atoms with Crippen LogP contribution in [0.4, 0.5) is 19.1 Å². The molecule has 3 aromatic rings. The summed E-state index contributed by atoms with van der Waals surface area (Å²) in [6.45, 7) is 6.47. The number of fused-ring (bicyclic) bond motifs is 1. The second-order valence-electron chi connectivity index (χ2n) is 9.35. The van der Waals surface area contributed by atoms with Gasteiger partial charge in [-0.05, 0) is 43.4 Å². The van der Waals surface area contributed by atoms with E-state index in [4.69, 9.17) is 4.98 Å². The van der Waals surface area contributed by atoms with Gasteiger partial charge in [0.1, 0.15) is 0 Å². The van der Waals surface area contributed by atoms with Crippen LogP contribution in [0.1, 0.15) is 57.6 Å². The first-order chi connectivity index (χ1) is 16.1. The zero-order chi connectivity index (χ0) is 24.6. The summed E-state index contributed by atoms with van der Waals surface area (Å²) in [6.07, 6.45) is -0.283. The van der Waals surface area contributed by atoms with Crippen LogP contribution in [0.5, 0.6) is 0 Å². The lowest BCUT2D eigenvalue weighted by atomic mass is 10.1. The van der Waals surface area contributed by atoms with Crippen molar-refractivity contribution in [1.29, 1.82) is 0 Å². The van der Waals surface area contributed by atoms with E-state index in [1.807, 2.05) is 13.8 Å². The van der Waals surface area contributed by atoms with Crippen molar-refractivity contribution < 1.29 is 13.2 Å². The van der Waals surface area contributed by atoms with Crippen LogP contribution in [0, 0.1) is 5.92 Å². The number of rotatable bonds is 7. The number of nitrogens with zero attached hydrogens (tertiary/aromatic N) is 4. The SMILES string of the molecule is CCn1c(=O)c2c(nc(NC3CCCC3)n2Cc2ccc(C(F)(F)F)cc2)n(CC(C)C)c1=O. The summed E-state index contributed by atoms with van der Waals surface area (Å²) in [6, 6.07) is 5.10. The maximum Gasteiger partial charge on any atom is 0.416 e. The van der Waals surface area contributed by atoms with Crippen molar-refractivity contribution in [2.24, 2.45) is 5.92 Å². The first-order valence-electron chi connectivity index (χ1n) is 11.8. The van der Waals surface area contributed by atoms with Crippen molar-refractivity contribution in [3.63, 3.8) is 0 Å². The average Bonchev–Trinajstić information content (AvgIpc) is 3.40. The Hall–Kier alpha value is -3.04. The molecule has 0 radical (unpaired) electrons. The van der Waals surface area contributed by atoms with E-state index in [1.54, 1.807) is 11.5 Å². The highest BCUT2D eigenvalue weighted by Gasteiger charge is 2.30. The molecule has 10 heteroatoms. The van der Waals surface area contributed by atoms with Gasteiger partial charge >= 0.3 is 11.9 Å². The molecule has 1 N–H and O–H groups in total. The average molecular weight is 478 g/mol. The Kier molecular flexibility index (Phi) is 6.60. The van der Waals surface area contributed by atoms with E-state index in [2.05, 4.69) is 5.32 Å². The molecular weight excluding hydrogens is 447 g/mol. The molecule has 1 aromatic carbocycles. The molecule has 184 valence electrons. The van der Waals surface area contributed by atoms with E-state index in [-0.39, 0.29) is 30.6 Å². The molecule has 0 spiro atoms. The van der Waals surface area contributed by atoms with Crippen LogP contribution in [0.2, 0.25) is 0 Å². The van der Waals surface area contributed by atoms with E-state index in [0.717, 1.165) is 37.8 Å². The number of hydrogen-bond donors (Lipinski definition) is 1. The van der Waals surface area contributed by atoms with Crippen molar-refractivity contribution in [1.82, 2.24) is 18.7 Å². The van der Waals surface area contributed by atoms with Gasteiger partial charge in [0.2, 0.25) is 5.95 Å². The summed E-state index contributed by atoms with van der Waals surface area (Å²) >= 11 is 0. The fourth-order valence-corrected chi connectivity index (χ4v) is 4.60. The topological polar surface area (TPSA) is 73.8 Å². The van der Waals surface area contributed by atoms with Gasteiger partial charge in [-0.25, -0.2) is 4.79 Å². The van der Waals surface area contributed by atoms with Crippen LogP contribution in [-0.4, -0.2) is 24.7 Å². The molecule has 0 saturated heterocycles. The molecule has 1 aliphatic rings. The number of aromatic nitrogens is 4. The van der Waals surface area contributed by atoms with Gasteiger partial charge in [0.15, 0.2) is 11.2 Å². The predicted molar refractivity (Wildman–Crippen MR) is 125 cm³/mol. The van der Waals surface area contributed by atoms with Crippen LogP contribution < -0.4 is 16.6 Å². The van der Waals surface area contributed by atoms with Crippen molar-refractivity contribution in [2.45, 2.75) is 78.3 Å². The summed E-state index contributed by atoms with van der Waals surface area (Å²) in [4.78, 5) is 31.2. The molecule has 0 aliphatic heterocycles. The summed E-state index contributed by atoms with van der Waals surface area (Å²) in [5, 5.41) is 3.43. The number of hydrogen-bond acceptors (Lipinski definition) is 4. The lowest BCUT2D eigenvalue weighted by molar-refractivity contribution is -0.137. The highest BCUT2D eigenvalue weighted by Crippen LogP contribution is 2.30. The van der Waals surface area contributed by atoms with Crippen LogP contribution in [0.15, 0.2) is 33.9 Å². The van der Waals surface area contributed by atoms with Gasteiger partial charge in [-0.2, -0.15) is 18.2 Å². The quantitative estimate of drug-likeness (QED) is 0.546. The molecule has 0 atom stereocenters. The second kappa shape index (κ2) is 9.31. The number of anilines is 1. The Balaban J connectivity index is 1.89. The number of nitrogens with one attached hydrogen (secondary N) is 1. The molecule has 34 heavy (non-hydrogen) atoms. The minimum atomic E-state index is -4.42. The molecule has 0 unspecified atom stereocenters. The number of imidazole rings is 1. The Labute approximate surface area is 195 Å². The van der Waals surface area contributed by atoms with Crippen molar-refractivity contribution in [3.8, 4) is 0 Å². The normalized spacial score (nSPS) is 15.0. The maximum atomic E-state index is 13.4. The van der Waals surface area contributed by atoms with Crippen LogP contribution in [0.3, 0.4) is 0 Å². The molecule has 1 saturated carbocycles. The Morgan fingerprint density at radius 3 is 2.26 bits per heavy atom. The Morgan fingerprint density at radius 1 is 1.06 bits per heavy atom. The lowest BCUT2D eigenvalue weighted by Crippen LogP contribution is -2.40. The summed E-state index contributed by atoms with van der Waals surface area (Å²) in [5.74, 6) is 0.611. The zero-order valence-electron chi connectivity index (χ0n) is 19.7. The van der Waals surface area contributed by atoms with Gasteiger partial charge < -0.3 is 5.32 Å². The van der Waals surface area contributed by atoms with Gasteiger partial charge in [0.05, 0.1) is 12.1 Å². The number of benzene rings is 1. The molecule has 1 aliphatic carbocycles. The fraction of sp³-hybridized carbons (Fsp3) is 0.542. The summed E-state index contributed by atoms with van der Waals surface area (Å²) in [5.41, 5.74) is -0.383. The zero-order valence-corrected chi connectivity index (χ0v) is 19.7. The standard InChI is InChI=1S/C24H30F3N5O2/c1-4-30-21(33)19-20(32(23(30)34)13-15(2)3)29-22(28-18-7-5-6-8-18)31(19)14-16-9-11-17(12-10-16)24(25,26)27/h9-12,15,18H,4-8,13-14H2,1-3H3,(H,28,29). The van der Waals surface area contributed by atoms with E-state index in [9.17, 15) is 22.8 Å². The molecule has 2 heterocycles. The third kappa shape index (κ3) is 4.63. The third-order valence-electron chi connectivity index (χ3n) is 6.29.